The van der Waals surface area contributed by atoms with Gasteiger partial charge < -0.3 is 10.3 Å². The van der Waals surface area contributed by atoms with Gasteiger partial charge in [-0.1, -0.05) is 5.16 Å². The van der Waals surface area contributed by atoms with Crippen LogP contribution in [0.25, 0.3) is 11.5 Å². The molecule has 0 saturated heterocycles. The molecule has 2 aromatic heterocycles. The summed E-state index contributed by atoms with van der Waals surface area (Å²) in [5.41, 5.74) is 8.22. The van der Waals surface area contributed by atoms with Crippen LogP contribution in [0, 0.1) is 6.92 Å². The molecule has 0 aliphatic carbocycles. The van der Waals surface area contributed by atoms with Gasteiger partial charge >= 0.3 is 0 Å². The molecule has 0 radical (unpaired) electrons. The third-order valence-electron chi connectivity index (χ3n) is 2.72. The highest BCUT2D eigenvalue weighted by molar-refractivity contribution is 9.10. The largest absolute Gasteiger partial charge is 0.398 e. The lowest BCUT2D eigenvalue weighted by atomic mass is 10.2. The second kappa shape index (κ2) is 5.34. The van der Waals surface area contributed by atoms with Crippen LogP contribution < -0.4 is 5.73 Å². The highest BCUT2D eigenvalue weighted by Gasteiger charge is 2.11. The number of anilines is 1. The predicted octanol–water partition coefficient (Wildman–Crippen LogP) is 3.44. The third-order valence-corrected chi connectivity index (χ3v) is 4.23. The minimum Gasteiger partial charge on any atom is -0.398 e. The van der Waals surface area contributed by atoms with Crippen molar-refractivity contribution in [3.8, 4) is 11.5 Å². The predicted molar refractivity (Wildman–Crippen MR) is 81.5 cm³/mol. The molecule has 0 fully saturated rings. The average Bonchev–Trinajstić information content (AvgIpc) is 3.03. The summed E-state index contributed by atoms with van der Waals surface area (Å²) in [6.07, 6.45) is 0.573. The summed E-state index contributed by atoms with van der Waals surface area (Å²) in [7, 11) is 0. The summed E-state index contributed by atoms with van der Waals surface area (Å²) in [6, 6.07) is 5.51. The van der Waals surface area contributed by atoms with Crippen molar-refractivity contribution in [2.75, 3.05) is 5.73 Å². The van der Waals surface area contributed by atoms with Crippen LogP contribution in [0.4, 0.5) is 5.69 Å². The van der Waals surface area contributed by atoms with E-state index in [1.54, 1.807) is 17.4 Å². The zero-order valence-electron chi connectivity index (χ0n) is 10.6. The maximum absolute atomic E-state index is 5.76. The van der Waals surface area contributed by atoms with Gasteiger partial charge in [-0.25, -0.2) is 4.98 Å². The number of nitrogen functional groups attached to an aromatic ring is 1. The first-order valence-electron chi connectivity index (χ1n) is 5.91. The van der Waals surface area contributed by atoms with Crippen LogP contribution in [-0.2, 0) is 6.42 Å². The van der Waals surface area contributed by atoms with E-state index in [0.29, 0.717) is 23.8 Å². The molecule has 0 bridgehead atoms. The highest BCUT2D eigenvalue weighted by Crippen LogP contribution is 2.26. The van der Waals surface area contributed by atoms with Gasteiger partial charge in [0, 0.05) is 21.1 Å². The van der Waals surface area contributed by atoms with Gasteiger partial charge in [0.1, 0.15) is 0 Å². The lowest BCUT2D eigenvalue weighted by molar-refractivity contribution is 0.423. The second-order valence-electron chi connectivity index (χ2n) is 4.29. The maximum Gasteiger partial charge on any atom is 0.257 e. The summed E-state index contributed by atoms with van der Waals surface area (Å²) >= 11 is 5.00. The van der Waals surface area contributed by atoms with Crippen molar-refractivity contribution >= 4 is 33.0 Å². The maximum atomic E-state index is 5.76. The van der Waals surface area contributed by atoms with Crippen molar-refractivity contribution in [1.82, 2.24) is 15.1 Å². The molecule has 7 heteroatoms. The third kappa shape index (κ3) is 2.73. The van der Waals surface area contributed by atoms with Crippen molar-refractivity contribution in [1.29, 1.82) is 0 Å². The molecular weight excluding hydrogens is 340 g/mol. The van der Waals surface area contributed by atoms with Crippen molar-refractivity contribution < 1.29 is 4.52 Å². The number of hydrogen-bond acceptors (Lipinski definition) is 6. The summed E-state index contributed by atoms with van der Waals surface area (Å²) in [4.78, 5) is 8.77. The first-order valence-corrected chi connectivity index (χ1v) is 7.58. The van der Waals surface area contributed by atoms with E-state index in [4.69, 9.17) is 10.3 Å². The SMILES string of the molecule is Cc1nc(Cc2noc(-c3ccc(N)c(Br)c3)n2)cs1. The molecule has 5 nitrogen and oxygen atoms in total. The van der Waals surface area contributed by atoms with Gasteiger partial charge in [-0.15, -0.1) is 11.3 Å². The molecule has 0 amide bonds. The number of benzene rings is 1. The van der Waals surface area contributed by atoms with Crippen LogP contribution in [0.3, 0.4) is 0 Å². The van der Waals surface area contributed by atoms with Crippen LogP contribution in [0.1, 0.15) is 16.5 Å². The molecule has 0 atom stereocenters. The average molecular weight is 351 g/mol. The van der Waals surface area contributed by atoms with E-state index in [1.807, 2.05) is 24.4 Å². The minimum absolute atomic E-state index is 0.479. The number of aromatic nitrogens is 3. The fourth-order valence-corrected chi connectivity index (χ4v) is 2.75. The lowest BCUT2D eigenvalue weighted by Gasteiger charge is -1.98. The topological polar surface area (TPSA) is 77.8 Å². The number of nitrogens with zero attached hydrogens (tertiary/aromatic N) is 3. The normalized spacial score (nSPS) is 10.9. The number of nitrogens with two attached hydrogens (primary N) is 1. The summed E-state index contributed by atoms with van der Waals surface area (Å²) in [5, 5.41) is 7.02. The Hall–Kier alpha value is -1.73. The van der Waals surface area contributed by atoms with Crippen LogP contribution in [0.15, 0.2) is 32.6 Å². The minimum atomic E-state index is 0.479. The van der Waals surface area contributed by atoms with Gasteiger partial charge in [0.2, 0.25) is 0 Å². The lowest BCUT2D eigenvalue weighted by Crippen LogP contribution is -1.91. The Kier molecular flexibility index (Phi) is 3.54. The van der Waals surface area contributed by atoms with Crippen LogP contribution in [-0.4, -0.2) is 15.1 Å². The zero-order chi connectivity index (χ0) is 14.1. The molecule has 2 N–H and O–H groups in total. The molecule has 0 aliphatic heterocycles. The Morgan fingerprint density at radius 2 is 2.20 bits per heavy atom. The molecule has 0 spiro atoms. The van der Waals surface area contributed by atoms with Gasteiger partial charge in [-0.2, -0.15) is 4.98 Å². The number of thiazole rings is 1. The van der Waals surface area contributed by atoms with E-state index >= 15 is 0 Å². The Morgan fingerprint density at radius 3 is 2.90 bits per heavy atom. The Labute approximate surface area is 128 Å². The van der Waals surface area contributed by atoms with Gasteiger partial charge in [0.05, 0.1) is 17.1 Å². The van der Waals surface area contributed by atoms with E-state index < -0.39 is 0 Å². The Bertz CT molecular complexity index is 752. The molecule has 2 heterocycles. The first kappa shape index (κ1) is 13.3. The van der Waals surface area contributed by atoms with Gasteiger partial charge in [0.25, 0.3) is 5.89 Å². The van der Waals surface area contributed by atoms with Crippen LogP contribution in [0.5, 0.6) is 0 Å². The molecule has 1 aromatic carbocycles. The standard InChI is InChI=1S/C13H11BrN4OS/c1-7-16-9(6-20-7)5-12-17-13(19-18-12)8-2-3-11(15)10(14)4-8/h2-4,6H,5,15H2,1H3. The molecule has 0 unspecified atom stereocenters. The van der Waals surface area contributed by atoms with E-state index in [2.05, 4.69) is 31.1 Å². The number of aryl methyl sites for hydroxylation is 1. The van der Waals surface area contributed by atoms with Crippen molar-refractivity contribution in [2.24, 2.45) is 0 Å². The number of rotatable bonds is 3. The smallest absolute Gasteiger partial charge is 0.257 e. The number of halogens is 1. The van der Waals surface area contributed by atoms with E-state index in [-0.39, 0.29) is 0 Å². The highest BCUT2D eigenvalue weighted by atomic mass is 79.9. The van der Waals surface area contributed by atoms with Crippen molar-refractivity contribution in [3.05, 3.63) is 44.6 Å². The molecule has 3 rings (SSSR count). The zero-order valence-corrected chi connectivity index (χ0v) is 13.0. The fourth-order valence-electron chi connectivity index (χ4n) is 1.75. The summed E-state index contributed by atoms with van der Waals surface area (Å²) in [6.45, 7) is 1.97. The van der Waals surface area contributed by atoms with Gasteiger partial charge in [0.15, 0.2) is 5.82 Å². The molecule has 20 heavy (non-hydrogen) atoms. The first-order chi connectivity index (χ1) is 9.61. The van der Waals surface area contributed by atoms with E-state index in [1.165, 1.54) is 0 Å². The van der Waals surface area contributed by atoms with Gasteiger partial charge in [-0.05, 0) is 41.1 Å². The van der Waals surface area contributed by atoms with Crippen LogP contribution >= 0.6 is 27.3 Å². The van der Waals surface area contributed by atoms with Crippen LogP contribution in [0.2, 0.25) is 0 Å². The molecule has 3 aromatic rings. The van der Waals surface area contributed by atoms with Gasteiger partial charge in [-0.3, -0.25) is 0 Å². The van der Waals surface area contributed by atoms with Crippen molar-refractivity contribution in [2.45, 2.75) is 13.3 Å². The molecule has 0 aliphatic rings. The summed E-state index contributed by atoms with van der Waals surface area (Å²) in [5.74, 6) is 1.10. The van der Waals surface area contributed by atoms with E-state index in [9.17, 15) is 0 Å². The quantitative estimate of drug-likeness (QED) is 0.732. The molecular formula is C13H11BrN4OS. The Balaban J connectivity index is 1.84. The van der Waals surface area contributed by atoms with E-state index in [0.717, 1.165) is 20.7 Å². The molecule has 102 valence electrons. The summed E-state index contributed by atoms with van der Waals surface area (Å²) < 4.78 is 6.09. The molecule has 0 saturated carbocycles. The fraction of sp³-hybridized carbons (Fsp3) is 0.154. The number of hydrogen-bond donors (Lipinski definition) is 1. The Morgan fingerprint density at radius 1 is 1.35 bits per heavy atom. The monoisotopic (exact) mass is 350 g/mol. The van der Waals surface area contributed by atoms with Crippen molar-refractivity contribution in [3.63, 3.8) is 0 Å². The second-order valence-corrected chi connectivity index (χ2v) is 6.20.